The zero-order chi connectivity index (χ0) is 14.7. The fourth-order valence-corrected chi connectivity index (χ4v) is 2.42. The Labute approximate surface area is 127 Å². The Morgan fingerprint density at radius 2 is 1.80 bits per heavy atom. The molecule has 2 aromatic rings. The quantitative estimate of drug-likeness (QED) is 0.825. The lowest BCUT2D eigenvalue weighted by Crippen LogP contribution is -2.09. The van der Waals surface area contributed by atoms with E-state index < -0.39 is 0 Å². The highest BCUT2D eigenvalue weighted by Crippen LogP contribution is 2.33. The Balaban J connectivity index is 2.26. The number of anilines is 1. The molecule has 106 valence electrons. The van der Waals surface area contributed by atoms with Gasteiger partial charge in [-0.3, -0.25) is 0 Å². The van der Waals surface area contributed by atoms with Crippen molar-refractivity contribution in [2.75, 3.05) is 12.4 Å². The van der Waals surface area contributed by atoms with Crippen LogP contribution in [-0.4, -0.2) is 7.11 Å². The molecule has 0 aromatic heterocycles. The van der Waals surface area contributed by atoms with Crippen molar-refractivity contribution < 1.29 is 9.13 Å². The molecule has 2 aromatic carbocycles. The summed E-state index contributed by atoms with van der Waals surface area (Å²) < 4.78 is 19.0. The van der Waals surface area contributed by atoms with Crippen molar-refractivity contribution >= 4 is 28.9 Å². The second-order valence-electron chi connectivity index (χ2n) is 4.35. The fraction of sp³-hybridized carbons (Fsp3) is 0.200. The summed E-state index contributed by atoms with van der Waals surface area (Å²) in [5, 5.41) is 4.13. The van der Waals surface area contributed by atoms with E-state index in [9.17, 15) is 4.39 Å². The number of hydrogen-bond acceptors (Lipinski definition) is 2. The average Bonchev–Trinajstić information content (AvgIpc) is 2.42. The maximum Gasteiger partial charge on any atom is 0.132 e. The molecule has 1 N–H and O–H groups in total. The van der Waals surface area contributed by atoms with Crippen LogP contribution in [0.25, 0.3) is 0 Å². The largest absolute Gasteiger partial charge is 0.497 e. The van der Waals surface area contributed by atoms with Crippen LogP contribution in [0.15, 0.2) is 36.4 Å². The molecule has 2 rings (SSSR count). The van der Waals surface area contributed by atoms with Crippen LogP contribution in [0.3, 0.4) is 0 Å². The molecular weight excluding hydrogens is 300 g/mol. The number of nitrogens with one attached hydrogen (secondary N) is 1. The molecule has 1 unspecified atom stereocenters. The Morgan fingerprint density at radius 1 is 1.15 bits per heavy atom. The highest BCUT2D eigenvalue weighted by atomic mass is 35.5. The SMILES string of the molecule is COc1ccc(C(C)Nc2c(Cl)cccc2Cl)c(F)c1. The van der Waals surface area contributed by atoms with E-state index in [1.54, 1.807) is 30.3 Å². The summed E-state index contributed by atoms with van der Waals surface area (Å²) in [5.41, 5.74) is 1.11. The topological polar surface area (TPSA) is 21.3 Å². The van der Waals surface area contributed by atoms with Crippen molar-refractivity contribution in [3.8, 4) is 5.75 Å². The third-order valence-electron chi connectivity index (χ3n) is 3.00. The lowest BCUT2D eigenvalue weighted by Gasteiger charge is -2.18. The molecule has 0 aliphatic heterocycles. The van der Waals surface area contributed by atoms with Gasteiger partial charge in [0.25, 0.3) is 0 Å². The number of methoxy groups -OCH3 is 1. The Morgan fingerprint density at radius 3 is 2.35 bits per heavy atom. The molecule has 0 bridgehead atoms. The van der Waals surface area contributed by atoms with Gasteiger partial charge >= 0.3 is 0 Å². The van der Waals surface area contributed by atoms with Gasteiger partial charge in [0, 0.05) is 11.6 Å². The smallest absolute Gasteiger partial charge is 0.132 e. The van der Waals surface area contributed by atoms with Crippen LogP contribution in [0, 0.1) is 5.82 Å². The van der Waals surface area contributed by atoms with Crippen molar-refractivity contribution in [1.29, 1.82) is 0 Å². The minimum absolute atomic E-state index is 0.279. The second kappa shape index (κ2) is 6.33. The maximum atomic E-state index is 14.0. The number of para-hydroxylation sites is 1. The van der Waals surface area contributed by atoms with Gasteiger partial charge in [-0.25, -0.2) is 4.39 Å². The van der Waals surface area contributed by atoms with E-state index in [0.717, 1.165) is 0 Å². The first-order valence-electron chi connectivity index (χ1n) is 6.07. The third-order valence-corrected chi connectivity index (χ3v) is 3.63. The standard InChI is InChI=1S/C15H14Cl2FNO/c1-9(11-7-6-10(20-2)8-14(11)18)19-15-12(16)4-3-5-13(15)17/h3-9,19H,1-2H3. The summed E-state index contributed by atoms with van der Waals surface area (Å²) in [5.74, 6) is 0.141. The summed E-state index contributed by atoms with van der Waals surface area (Å²) in [6, 6.07) is 9.68. The molecule has 0 saturated heterocycles. The number of benzene rings is 2. The van der Waals surface area contributed by atoms with Gasteiger partial charge in [0.05, 0.1) is 28.9 Å². The van der Waals surface area contributed by atoms with E-state index in [1.165, 1.54) is 13.2 Å². The van der Waals surface area contributed by atoms with Gasteiger partial charge in [0.1, 0.15) is 11.6 Å². The number of halogens is 3. The molecular formula is C15H14Cl2FNO. The molecule has 0 heterocycles. The summed E-state index contributed by atoms with van der Waals surface area (Å²) in [4.78, 5) is 0. The van der Waals surface area contributed by atoms with Gasteiger partial charge in [-0.1, -0.05) is 35.3 Å². The predicted molar refractivity (Wildman–Crippen MR) is 81.5 cm³/mol. The molecule has 2 nitrogen and oxygen atoms in total. The molecule has 20 heavy (non-hydrogen) atoms. The summed E-state index contributed by atoms with van der Waals surface area (Å²) in [7, 11) is 1.50. The molecule has 0 aliphatic rings. The van der Waals surface area contributed by atoms with Gasteiger partial charge in [-0.2, -0.15) is 0 Å². The van der Waals surface area contributed by atoms with Gasteiger partial charge in [0.2, 0.25) is 0 Å². The van der Waals surface area contributed by atoms with Gasteiger partial charge in [-0.05, 0) is 25.1 Å². The summed E-state index contributed by atoms with van der Waals surface area (Å²) >= 11 is 12.2. The van der Waals surface area contributed by atoms with Gasteiger partial charge < -0.3 is 10.1 Å². The molecule has 5 heteroatoms. The number of rotatable bonds is 4. The Hall–Kier alpha value is -1.45. The van der Waals surface area contributed by atoms with Crippen molar-refractivity contribution in [2.24, 2.45) is 0 Å². The van der Waals surface area contributed by atoms with E-state index in [2.05, 4.69) is 5.32 Å². The van der Waals surface area contributed by atoms with Crippen LogP contribution in [0.2, 0.25) is 10.0 Å². The van der Waals surface area contributed by atoms with E-state index in [1.807, 2.05) is 6.92 Å². The predicted octanol–water partition coefficient (Wildman–Crippen LogP) is 5.31. The lowest BCUT2D eigenvalue weighted by molar-refractivity contribution is 0.410. The third kappa shape index (κ3) is 3.17. The van der Waals surface area contributed by atoms with E-state index in [-0.39, 0.29) is 11.9 Å². The van der Waals surface area contributed by atoms with E-state index in [0.29, 0.717) is 27.0 Å². The first kappa shape index (κ1) is 14.9. The van der Waals surface area contributed by atoms with Crippen LogP contribution in [0.4, 0.5) is 10.1 Å². The summed E-state index contributed by atoms with van der Waals surface area (Å²) in [6.45, 7) is 1.84. The minimum Gasteiger partial charge on any atom is -0.497 e. The summed E-state index contributed by atoms with van der Waals surface area (Å²) in [6.07, 6.45) is 0. The van der Waals surface area contributed by atoms with E-state index >= 15 is 0 Å². The lowest BCUT2D eigenvalue weighted by atomic mass is 10.1. The Kier molecular flexibility index (Phi) is 4.73. The van der Waals surface area contributed by atoms with E-state index in [4.69, 9.17) is 27.9 Å². The number of hydrogen-bond donors (Lipinski definition) is 1. The van der Waals surface area contributed by atoms with Crippen molar-refractivity contribution in [3.63, 3.8) is 0 Å². The zero-order valence-corrected chi connectivity index (χ0v) is 12.6. The normalized spacial score (nSPS) is 12.1. The molecule has 0 spiro atoms. The zero-order valence-electron chi connectivity index (χ0n) is 11.1. The highest BCUT2D eigenvalue weighted by molar-refractivity contribution is 6.39. The monoisotopic (exact) mass is 313 g/mol. The molecule has 0 aliphatic carbocycles. The minimum atomic E-state index is -0.340. The molecule has 0 saturated carbocycles. The number of ether oxygens (including phenoxy) is 1. The van der Waals surface area contributed by atoms with Crippen molar-refractivity contribution in [1.82, 2.24) is 0 Å². The second-order valence-corrected chi connectivity index (χ2v) is 5.16. The first-order chi connectivity index (χ1) is 9.52. The fourth-order valence-electron chi connectivity index (χ4n) is 1.92. The molecule has 0 radical (unpaired) electrons. The Bertz CT molecular complexity index is 599. The van der Waals surface area contributed by atoms with Gasteiger partial charge in [-0.15, -0.1) is 0 Å². The van der Waals surface area contributed by atoms with Crippen LogP contribution in [0.1, 0.15) is 18.5 Å². The molecule has 0 fully saturated rings. The van der Waals surface area contributed by atoms with Crippen molar-refractivity contribution in [2.45, 2.75) is 13.0 Å². The molecule has 0 amide bonds. The maximum absolute atomic E-state index is 14.0. The van der Waals surface area contributed by atoms with Gasteiger partial charge in [0.15, 0.2) is 0 Å². The van der Waals surface area contributed by atoms with Crippen LogP contribution in [0.5, 0.6) is 5.75 Å². The van der Waals surface area contributed by atoms with Crippen molar-refractivity contribution in [3.05, 3.63) is 57.8 Å². The van der Waals surface area contributed by atoms with Crippen LogP contribution < -0.4 is 10.1 Å². The average molecular weight is 314 g/mol. The highest BCUT2D eigenvalue weighted by Gasteiger charge is 2.14. The first-order valence-corrected chi connectivity index (χ1v) is 6.82. The van der Waals surface area contributed by atoms with Crippen LogP contribution >= 0.6 is 23.2 Å². The van der Waals surface area contributed by atoms with Crippen LogP contribution in [-0.2, 0) is 0 Å². The molecule has 1 atom stereocenters.